The molecule has 1 aliphatic heterocycles. The van der Waals surface area contributed by atoms with Crippen LogP contribution in [-0.2, 0) is 27.3 Å². The number of aryl methyl sites for hydroxylation is 1. The van der Waals surface area contributed by atoms with Gasteiger partial charge >= 0.3 is 5.97 Å². The number of rotatable bonds is 8. The number of fused-ring (bicyclic) bond motifs is 1. The summed E-state index contributed by atoms with van der Waals surface area (Å²) in [6, 6.07) is 7.16. The predicted molar refractivity (Wildman–Crippen MR) is 132 cm³/mol. The average Bonchev–Trinajstić information content (AvgIpc) is 3.13. The van der Waals surface area contributed by atoms with E-state index < -0.39 is 17.9 Å². The number of methoxy groups -OCH3 is 3. The molecule has 1 aromatic heterocycles. The van der Waals surface area contributed by atoms with E-state index >= 15 is 0 Å². The van der Waals surface area contributed by atoms with Gasteiger partial charge in [0, 0.05) is 24.5 Å². The Kier molecular flexibility index (Phi) is 8.23. The van der Waals surface area contributed by atoms with Crippen molar-refractivity contribution in [3.63, 3.8) is 0 Å². The molecule has 0 aliphatic carbocycles. The molecule has 2 aromatic rings. The van der Waals surface area contributed by atoms with Crippen molar-refractivity contribution in [2.24, 2.45) is 0 Å². The molecule has 1 unspecified atom stereocenters. The van der Waals surface area contributed by atoms with Crippen LogP contribution in [-0.4, -0.2) is 49.2 Å². The second-order valence-corrected chi connectivity index (χ2v) is 8.60. The molecule has 0 N–H and O–H groups in total. The third-order valence-electron chi connectivity index (χ3n) is 6.56. The number of benzene rings is 1. The van der Waals surface area contributed by atoms with Gasteiger partial charge in [0.1, 0.15) is 11.6 Å². The molecule has 0 saturated heterocycles. The number of hydrogen-bond acceptors (Lipinski definition) is 6. The van der Waals surface area contributed by atoms with Crippen molar-refractivity contribution in [2.45, 2.75) is 52.6 Å². The Morgan fingerprint density at radius 1 is 1.14 bits per heavy atom. The minimum atomic E-state index is -0.595. The molecule has 1 aliphatic rings. The first-order chi connectivity index (χ1) is 16.8. The molecular weight excluding hydrogens is 446 g/mol. The first-order valence-corrected chi connectivity index (χ1v) is 11.7. The monoisotopic (exact) mass is 479 g/mol. The highest BCUT2D eigenvalue weighted by Crippen LogP contribution is 2.40. The van der Waals surface area contributed by atoms with Crippen molar-refractivity contribution in [3.05, 3.63) is 51.9 Å². The van der Waals surface area contributed by atoms with Gasteiger partial charge in [-0.05, 0) is 67.7 Å². The lowest BCUT2D eigenvalue weighted by molar-refractivity contribution is -0.143. The summed E-state index contributed by atoms with van der Waals surface area (Å²) in [6.07, 6.45) is 3.16. The summed E-state index contributed by atoms with van der Waals surface area (Å²) in [7, 11) is 4.42. The van der Waals surface area contributed by atoms with E-state index in [0.717, 1.165) is 41.0 Å². The summed E-state index contributed by atoms with van der Waals surface area (Å²) in [5.74, 6) is 0.237. The highest BCUT2D eigenvalue weighted by atomic mass is 16.5. The molecule has 35 heavy (non-hydrogen) atoms. The number of nitrogens with zero attached hydrogens (tertiary/aromatic N) is 3. The van der Waals surface area contributed by atoms with Crippen molar-refractivity contribution >= 4 is 18.0 Å². The quantitative estimate of drug-likeness (QED) is 0.321. The Hall–Kier alpha value is -3.73. The Morgan fingerprint density at radius 3 is 2.43 bits per heavy atom. The van der Waals surface area contributed by atoms with Crippen molar-refractivity contribution in [1.82, 2.24) is 9.47 Å². The van der Waals surface area contributed by atoms with Gasteiger partial charge < -0.3 is 23.7 Å². The van der Waals surface area contributed by atoms with Crippen LogP contribution < -0.4 is 9.47 Å². The van der Waals surface area contributed by atoms with Gasteiger partial charge in [-0.3, -0.25) is 9.59 Å². The van der Waals surface area contributed by atoms with E-state index in [0.29, 0.717) is 24.5 Å². The fourth-order valence-electron chi connectivity index (χ4n) is 4.73. The van der Waals surface area contributed by atoms with Crippen molar-refractivity contribution in [1.29, 1.82) is 5.26 Å². The summed E-state index contributed by atoms with van der Waals surface area (Å²) in [5.41, 5.74) is 4.71. The van der Waals surface area contributed by atoms with Gasteiger partial charge in [-0.25, -0.2) is 0 Å². The zero-order valence-corrected chi connectivity index (χ0v) is 21.3. The van der Waals surface area contributed by atoms with Crippen LogP contribution in [0.2, 0.25) is 0 Å². The summed E-state index contributed by atoms with van der Waals surface area (Å²) < 4.78 is 18.0. The molecule has 8 heteroatoms. The molecule has 0 saturated carbocycles. The smallest absolute Gasteiger partial charge is 0.307 e. The number of carbonyl (C=O) groups is 2. The van der Waals surface area contributed by atoms with E-state index in [1.165, 1.54) is 14.2 Å². The molecule has 3 rings (SSSR count). The van der Waals surface area contributed by atoms with Crippen LogP contribution in [0.15, 0.2) is 23.8 Å². The lowest BCUT2D eigenvalue weighted by atomic mass is 9.89. The SMILES string of the molecule is CCCn1c(C)cc(/C=C(/C#N)C(=O)N2CCc3cc(OC)c(OC)cc3C2CC(=O)OC)c1C. The van der Waals surface area contributed by atoms with Crippen LogP contribution in [0, 0.1) is 25.2 Å². The molecule has 1 aromatic carbocycles. The minimum absolute atomic E-state index is 0.0283. The van der Waals surface area contributed by atoms with Gasteiger partial charge in [0.15, 0.2) is 11.5 Å². The largest absolute Gasteiger partial charge is 0.493 e. The molecule has 186 valence electrons. The summed E-state index contributed by atoms with van der Waals surface area (Å²) in [4.78, 5) is 27.6. The highest BCUT2D eigenvalue weighted by molar-refractivity contribution is 6.02. The molecule has 0 fully saturated rings. The number of esters is 1. The first kappa shape index (κ1) is 25.9. The van der Waals surface area contributed by atoms with Gasteiger partial charge in [0.2, 0.25) is 0 Å². The second kappa shape index (κ2) is 11.1. The number of carbonyl (C=O) groups excluding carboxylic acids is 2. The molecule has 0 radical (unpaired) electrons. The van der Waals surface area contributed by atoms with E-state index in [9.17, 15) is 14.9 Å². The Morgan fingerprint density at radius 2 is 1.83 bits per heavy atom. The van der Waals surface area contributed by atoms with Crippen LogP contribution in [0.3, 0.4) is 0 Å². The van der Waals surface area contributed by atoms with E-state index in [2.05, 4.69) is 17.6 Å². The van der Waals surface area contributed by atoms with E-state index in [-0.39, 0.29) is 12.0 Å². The van der Waals surface area contributed by atoms with Gasteiger partial charge in [0.25, 0.3) is 5.91 Å². The first-order valence-electron chi connectivity index (χ1n) is 11.7. The Labute approximate surface area is 206 Å². The summed E-state index contributed by atoms with van der Waals surface area (Å²) >= 11 is 0. The maximum absolute atomic E-state index is 13.7. The second-order valence-electron chi connectivity index (χ2n) is 8.60. The van der Waals surface area contributed by atoms with Crippen LogP contribution in [0.4, 0.5) is 0 Å². The van der Waals surface area contributed by atoms with Gasteiger partial charge in [-0.15, -0.1) is 0 Å². The fraction of sp³-hybridized carbons (Fsp3) is 0.444. The number of amides is 1. The third kappa shape index (κ3) is 5.19. The van der Waals surface area contributed by atoms with Gasteiger partial charge in [-0.2, -0.15) is 5.26 Å². The zero-order chi connectivity index (χ0) is 25.7. The molecule has 2 heterocycles. The standard InChI is InChI=1S/C27H33N3O5/c1-7-9-29-17(2)11-20(18(29)3)12-21(16-28)27(32)30-10-8-19-13-24(33-4)25(34-5)14-22(19)23(30)15-26(31)35-6/h11-14,23H,7-10,15H2,1-6H3/b21-12-. The number of ether oxygens (including phenoxy) is 3. The summed E-state index contributed by atoms with van der Waals surface area (Å²) in [5, 5.41) is 9.92. The molecular formula is C27H33N3O5. The molecule has 1 amide bonds. The van der Waals surface area contributed by atoms with Crippen LogP contribution in [0.25, 0.3) is 6.08 Å². The molecule has 1 atom stereocenters. The topological polar surface area (TPSA) is 93.8 Å². The van der Waals surface area contributed by atoms with Crippen molar-refractivity contribution in [2.75, 3.05) is 27.9 Å². The number of aromatic nitrogens is 1. The van der Waals surface area contributed by atoms with Crippen LogP contribution in [0.5, 0.6) is 11.5 Å². The Bertz CT molecular complexity index is 1190. The lowest BCUT2D eigenvalue weighted by Gasteiger charge is -2.37. The predicted octanol–water partition coefficient (Wildman–Crippen LogP) is 4.13. The van der Waals surface area contributed by atoms with Crippen LogP contribution in [0.1, 0.15) is 53.9 Å². The average molecular weight is 480 g/mol. The maximum Gasteiger partial charge on any atom is 0.307 e. The summed E-state index contributed by atoms with van der Waals surface area (Å²) in [6.45, 7) is 7.35. The van der Waals surface area contributed by atoms with Crippen LogP contribution >= 0.6 is 0 Å². The normalized spacial score (nSPS) is 15.3. The van der Waals surface area contributed by atoms with Gasteiger partial charge in [0.05, 0.1) is 33.8 Å². The van der Waals surface area contributed by atoms with Crippen molar-refractivity contribution in [3.8, 4) is 17.6 Å². The number of nitriles is 1. The maximum atomic E-state index is 13.7. The lowest BCUT2D eigenvalue weighted by Crippen LogP contribution is -2.41. The van der Waals surface area contributed by atoms with E-state index in [1.807, 2.05) is 26.0 Å². The van der Waals surface area contributed by atoms with E-state index in [4.69, 9.17) is 14.2 Å². The van der Waals surface area contributed by atoms with Gasteiger partial charge in [-0.1, -0.05) is 6.92 Å². The number of hydrogen-bond donors (Lipinski definition) is 0. The molecule has 0 bridgehead atoms. The molecule has 8 nitrogen and oxygen atoms in total. The highest BCUT2D eigenvalue weighted by Gasteiger charge is 2.35. The third-order valence-corrected chi connectivity index (χ3v) is 6.56. The molecule has 0 spiro atoms. The minimum Gasteiger partial charge on any atom is -0.493 e. The fourth-order valence-corrected chi connectivity index (χ4v) is 4.73. The van der Waals surface area contributed by atoms with Crippen molar-refractivity contribution < 1.29 is 23.8 Å². The zero-order valence-electron chi connectivity index (χ0n) is 21.3. The van der Waals surface area contributed by atoms with E-state index in [1.54, 1.807) is 24.2 Å². The Balaban J connectivity index is 2.04.